The first-order valence-electron chi connectivity index (χ1n) is 8.55. The SMILES string of the molecule is CCCC(=O)OCC(OS(=O)(=O)CCCNC(C)=O)C(C)(C)[C@@H](O)C(=O)O. The van der Waals surface area contributed by atoms with Crippen LogP contribution in [0.1, 0.15) is 47.0 Å². The van der Waals surface area contributed by atoms with E-state index in [0.717, 1.165) is 0 Å². The van der Waals surface area contributed by atoms with Gasteiger partial charge in [-0.25, -0.2) is 4.79 Å². The van der Waals surface area contributed by atoms with Crippen molar-refractivity contribution in [3.8, 4) is 0 Å². The number of aliphatic carboxylic acids is 1. The van der Waals surface area contributed by atoms with Gasteiger partial charge in [-0.05, 0) is 12.8 Å². The summed E-state index contributed by atoms with van der Waals surface area (Å²) >= 11 is 0. The molecule has 3 N–H and O–H groups in total. The van der Waals surface area contributed by atoms with E-state index in [9.17, 15) is 27.9 Å². The molecular formula is C16H29NO9S. The number of carboxylic acid groups (broad SMARTS) is 1. The van der Waals surface area contributed by atoms with Crippen LogP contribution in [-0.2, 0) is 33.4 Å². The number of esters is 1. The Morgan fingerprint density at radius 3 is 2.30 bits per heavy atom. The lowest BCUT2D eigenvalue weighted by Gasteiger charge is -2.35. The highest BCUT2D eigenvalue weighted by atomic mass is 32.2. The number of aliphatic hydroxyl groups excluding tert-OH is 1. The quantitative estimate of drug-likeness (QED) is 0.216. The molecule has 0 aliphatic carbocycles. The van der Waals surface area contributed by atoms with E-state index in [4.69, 9.17) is 14.0 Å². The van der Waals surface area contributed by atoms with Crippen LogP contribution >= 0.6 is 0 Å². The number of aliphatic hydroxyl groups is 1. The molecule has 0 fully saturated rings. The molecule has 0 saturated heterocycles. The van der Waals surface area contributed by atoms with Gasteiger partial charge in [-0.3, -0.25) is 13.8 Å². The Kier molecular flexibility index (Phi) is 10.5. The van der Waals surface area contributed by atoms with Gasteiger partial charge in [0.2, 0.25) is 5.91 Å². The monoisotopic (exact) mass is 411 g/mol. The molecule has 1 unspecified atom stereocenters. The predicted octanol–water partition coefficient (Wildman–Crippen LogP) is 0.0426. The van der Waals surface area contributed by atoms with Gasteiger partial charge in [0.1, 0.15) is 12.7 Å². The van der Waals surface area contributed by atoms with E-state index in [1.54, 1.807) is 6.92 Å². The molecule has 0 aliphatic heterocycles. The van der Waals surface area contributed by atoms with E-state index in [1.807, 2.05) is 0 Å². The van der Waals surface area contributed by atoms with Gasteiger partial charge in [0.15, 0.2) is 6.10 Å². The second-order valence-electron chi connectivity index (χ2n) is 6.68. The highest BCUT2D eigenvalue weighted by Gasteiger charge is 2.44. The van der Waals surface area contributed by atoms with Gasteiger partial charge in [0.25, 0.3) is 10.1 Å². The maximum atomic E-state index is 12.2. The average molecular weight is 411 g/mol. The largest absolute Gasteiger partial charge is 0.479 e. The van der Waals surface area contributed by atoms with Crippen LogP contribution in [0.15, 0.2) is 0 Å². The minimum absolute atomic E-state index is 0.0756. The van der Waals surface area contributed by atoms with Crippen LogP contribution in [0, 0.1) is 5.41 Å². The van der Waals surface area contributed by atoms with Gasteiger partial charge in [-0.15, -0.1) is 0 Å². The molecular weight excluding hydrogens is 382 g/mol. The van der Waals surface area contributed by atoms with Gasteiger partial charge in [-0.2, -0.15) is 8.42 Å². The molecule has 0 aromatic carbocycles. The van der Waals surface area contributed by atoms with Crippen molar-refractivity contribution in [3.05, 3.63) is 0 Å². The molecule has 0 aliphatic rings. The van der Waals surface area contributed by atoms with E-state index >= 15 is 0 Å². The van der Waals surface area contributed by atoms with Crippen LogP contribution in [0.3, 0.4) is 0 Å². The Morgan fingerprint density at radius 2 is 1.81 bits per heavy atom. The van der Waals surface area contributed by atoms with Gasteiger partial charge in [0.05, 0.1) is 5.75 Å². The van der Waals surface area contributed by atoms with E-state index in [-0.39, 0.29) is 25.3 Å². The first-order valence-corrected chi connectivity index (χ1v) is 10.1. The Bertz CT molecular complexity index is 615. The van der Waals surface area contributed by atoms with Crippen LogP contribution in [0.5, 0.6) is 0 Å². The van der Waals surface area contributed by atoms with E-state index in [1.165, 1.54) is 20.8 Å². The fraction of sp³-hybridized carbons (Fsp3) is 0.812. The lowest BCUT2D eigenvalue weighted by Crippen LogP contribution is -2.49. The zero-order valence-corrected chi connectivity index (χ0v) is 16.9. The highest BCUT2D eigenvalue weighted by molar-refractivity contribution is 7.86. The number of amides is 1. The molecule has 10 nitrogen and oxygen atoms in total. The van der Waals surface area contributed by atoms with Gasteiger partial charge in [-0.1, -0.05) is 20.8 Å². The van der Waals surface area contributed by atoms with Crippen molar-refractivity contribution in [2.75, 3.05) is 18.9 Å². The first-order chi connectivity index (χ1) is 12.3. The summed E-state index contributed by atoms with van der Waals surface area (Å²) in [4.78, 5) is 33.5. The molecule has 27 heavy (non-hydrogen) atoms. The number of ether oxygens (including phenoxy) is 1. The molecule has 1 amide bonds. The smallest absolute Gasteiger partial charge is 0.333 e. The number of rotatable bonds is 13. The van der Waals surface area contributed by atoms with Crippen molar-refractivity contribution in [2.45, 2.75) is 59.2 Å². The lowest BCUT2D eigenvalue weighted by atomic mass is 9.81. The maximum absolute atomic E-state index is 12.2. The molecule has 11 heteroatoms. The van der Waals surface area contributed by atoms with E-state index in [2.05, 4.69) is 5.32 Å². The molecule has 2 atom stereocenters. The van der Waals surface area contributed by atoms with Crippen molar-refractivity contribution in [3.63, 3.8) is 0 Å². The molecule has 0 saturated carbocycles. The molecule has 0 heterocycles. The Morgan fingerprint density at radius 1 is 1.22 bits per heavy atom. The summed E-state index contributed by atoms with van der Waals surface area (Å²) in [6, 6.07) is 0. The third kappa shape index (κ3) is 9.68. The minimum Gasteiger partial charge on any atom is -0.479 e. The standard InChI is InChI=1S/C16H29NO9S/c1-5-7-13(19)25-10-12(16(3,4)14(20)15(21)22)26-27(23,24)9-6-8-17-11(2)18/h12,14,20H,5-10H2,1-4H3,(H,17,18)(H,21,22)/t12?,14-/m0/s1. The zero-order chi connectivity index (χ0) is 21.3. The Hall–Kier alpha value is -1.72. The van der Waals surface area contributed by atoms with Crippen molar-refractivity contribution in [1.82, 2.24) is 5.32 Å². The fourth-order valence-electron chi connectivity index (χ4n) is 2.04. The normalized spacial score (nSPS) is 14.3. The molecule has 0 bridgehead atoms. The summed E-state index contributed by atoms with van der Waals surface area (Å²) in [6.45, 7) is 5.25. The van der Waals surface area contributed by atoms with Crippen molar-refractivity contribution in [2.24, 2.45) is 5.41 Å². The number of carbonyl (C=O) groups is 3. The van der Waals surface area contributed by atoms with Crippen molar-refractivity contribution >= 4 is 28.0 Å². The van der Waals surface area contributed by atoms with Gasteiger partial charge in [0, 0.05) is 25.3 Å². The third-order valence-electron chi connectivity index (χ3n) is 3.83. The molecule has 0 aromatic rings. The minimum atomic E-state index is -4.13. The summed E-state index contributed by atoms with van der Waals surface area (Å²) in [6.07, 6.45) is -2.64. The summed E-state index contributed by atoms with van der Waals surface area (Å²) in [5.74, 6) is -2.89. The van der Waals surface area contributed by atoms with E-state index < -0.39 is 52.0 Å². The summed E-state index contributed by atoms with van der Waals surface area (Å²) < 4.78 is 34.4. The maximum Gasteiger partial charge on any atom is 0.333 e. The number of hydrogen-bond acceptors (Lipinski definition) is 8. The molecule has 0 aromatic heterocycles. The predicted molar refractivity (Wildman–Crippen MR) is 95.3 cm³/mol. The van der Waals surface area contributed by atoms with Gasteiger partial charge >= 0.3 is 11.9 Å². The van der Waals surface area contributed by atoms with Gasteiger partial charge < -0.3 is 20.3 Å². The third-order valence-corrected chi connectivity index (χ3v) is 5.14. The van der Waals surface area contributed by atoms with Crippen LogP contribution in [0.4, 0.5) is 0 Å². The second kappa shape index (κ2) is 11.2. The summed E-state index contributed by atoms with van der Waals surface area (Å²) in [5, 5.41) is 21.4. The summed E-state index contributed by atoms with van der Waals surface area (Å²) in [7, 11) is -4.13. The van der Waals surface area contributed by atoms with Crippen LogP contribution in [-0.4, -0.2) is 67.6 Å². The first kappa shape index (κ1) is 25.3. The Balaban J connectivity index is 5.19. The molecule has 0 spiro atoms. The zero-order valence-electron chi connectivity index (χ0n) is 16.1. The molecule has 0 rings (SSSR count). The molecule has 158 valence electrons. The van der Waals surface area contributed by atoms with Crippen LogP contribution in [0.25, 0.3) is 0 Å². The number of carboxylic acids is 1. The average Bonchev–Trinajstić information content (AvgIpc) is 2.54. The Labute approximate surface area is 159 Å². The highest BCUT2D eigenvalue weighted by Crippen LogP contribution is 2.30. The van der Waals surface area contributed by atoms with Crippen molar-refractivity contribution in [1.29, 1.82) is 0 Å². The number of nitrogens with one attached hydrogen (secondary N) is 1. The van der Waals surface area contributed by atoms with E-state index in [0.29, 0.717) is 6.42 Å². The molecule has 0 radical (unpaired) electrons. The number of hydrogen-bond donors (Lipinski definition) is 3. The summed E-state index contributed by atoms with van der Waals surface area (Å²) in [5.41, 5.74) is -1.57. The second-order valence-corrected chi connectivity index (χ2v) is 8.39. The lowest BCUT2D eigenvalue weighted by molar-refractivity contribution is -0.162. The fourth-order valence-corrected chi connectivity index (χ4v) is 3.30. The number of carbonyl (C=O) groups excluding carboxylic acids is 2. The van der Waals surface area contributed by atoms with Crippen molar-refractivity contribution < 1.29 is 41.9 Å². The van der Waals surface area contributed by atoms with Crippen LogP contribution < -0.4 is 5.32 Å². The van der Waals surface area contributed by atoms with Crippen LogP contribution in [0.2, 0.25) is 0 Å². The topological polar surface area (TPSA) is 156 Å².